The van der Waals surface area contributed by atoms with Crippen LogP contribution in [0.2, 0.25) is 0 Å². The van der Waals surface area contributed by atoms with Crippen molar-refractivity contribution in [1.29, 1.82) is 0 Å². The summed E-state index contributed by atoms with van der Waals surface area (Å²) in [6.45, 7) is 8.14. The number of Topliss-reactive ketones (excluding diaryl/α,β-unsaturated/α-hetero) is 1. The second-order valence-corrected chi connectivity index (χ2v) is 6.06. The van der Waals surface area contributed by atoms with E-state index in [9.17, 15) is 4.79 Å². The van der Waals surface area contributed by atoms with Crippen molar-refractivity contribution in [2.24, 2.45) is 16.8 Å². The number of ketones is 1. The maximum atomic E-state index is 12.4. The smallest absolute Gasteiger partial charge is 0.209 e. The summed E-state index contributed by atoms with van der Waals surface area (Å²) in [7, 11) is 0. The van der Waals surface area contributed by atoms with Crippen LogP contribution in [0.4, 0.5) is 5.13 Å². The topological polar surface area (TPSA) is 42.3 Å². The molecule has 0 amide bonds. The van der Waals surface area contributed by atoms with E-state index in [0.29, 0.717) is 0 Å². The summed E-state index contributed by atoms with van der Waals surface area (Å²) in [6, 6.07) is 0. The van der Waals surface area contributed by atoms with Crippen molar-refractivity contribution in [2.45, 2.75) is 27.7 Å². The third-order valence-electron chi connectivity index (χ3n) is 3.02. The van der Waals surface area contributed by atoms with Crippen LogP contribution in [0.25, 0.3) is 0 Å². The fraction of sp³-hybridized carbons (Fsp3) is 0.400. The van der Waals surface area contributed by atoms with Gasteiger partial charge in [0.1, 0.15) is 0 Å². The molecule has 0 aromatic carbocycles. The molecule has 0 radical (unpaired) electrons. The Labute approximate surface area is 117 Å². The lowest BCUT2D eigenvalue weighted by atomic mass is 9.84. The van der Waals surface area contributed by atoms with Crippen molar-refractivity contribution in [3.63, 3.8) is 0 Å². The Bertz CT molecular complexity index is 533. The highest BCUT2D eigenvalue weighted by Gasteiger charge is 2.24. The third kappa shape index (κ3) is 3.07. The van der Waals surface area contributed by atoms with Gasteiger partial charge in [-0.3, -0.25) is 4.79 Å². The third-order valence-corrected chi connectivity index (χ3v) is 3.68. The Hall–Kier alpha value is -1.55. The highest BCUT2D eigenvalue weighted by Crippen LogP contribution is 2.26. The van der Waals surface area contributed by atoms with Crippen LogP contribution >= 0.6 is 11.3 Å². The average molecular weight is 274 g/mol. The molecule has 1 aliphatic rings. The fourth-order valence-corrected chi connectivity index (χ4v) is 2.49. The summed E-state index contributed by atoms with van der Waals surface area (Å²) in [6.07, 6.45) is 5.51. The zero-order valence-electron chi connectivity index (χ0n) is 11.7. The molecule has 0 N–H and O–H groups in total. The molecule has 0 atom stereocenters. The lowest BCUT2D eigenvalue weighted by Crippen LogP contribution is -2.20. The highest BCUT2D eigenvalue weighted by molar-refractivity contribution is 7.13. The van der Waals surface area contributed by atoms with Crippen LogP contribution in [0.3, 0.4) is 0 Å². The monoisotopic (exact) mass is 274 g/mol. The molecule has 0 bridgehead atoms. The molecular formula is C15H18N2OS. The SMILES string of the molecule is CC(C)C1=CC(=Nc2nccs2)C=C(C(C)C)C1=O. The predicted octanol–water partition coefficient (Wildman–Crippen LogP) is 3.96. The first-order valence-corrected chi connectivity index (χ1v) is 7.33. The Morgan fingerprint density at radius 1 is 1.11 bits per heavy atom. The Morgan fingerprint density at radius 2 is 1.68 bits per heavy atom. The van der Waals surface area contributed by atoms with Crippen LogP contribution in [0.15, 0.2) is 39.9 Å². The molecule has 0 aliphatic heterocycles. The van der Waals surface area contributed by atoms with Crippen molar-refractivity contribution in [3.8, 4) is 0 Å². The van der Waals surface area contributed by atoms with Crippen LogP contribution in [0.5, 0.6) is 0 Å². The van der Waals surface area contributed by atoms with E-state index in [1.165, 1.54) is 11.3 Å². The first kappa shape index (κ1) is 13.9. The van der Waals surface area contributed by atoms with Crippen LogP contribution in [0, 0.1) is 11.8 Å². The van der Waals surface area contributed by atoms with Gasteiger partial charge in [-0.15, -0.1) is 11.3 Å². The minimum Gasteiger partial charge on any atom is -0.289 e. The van der Waals surface area contributed by atoms with Gasteiger partial charge in [0.25, 0.3) is 0 Å². The molecule has 0 spiro atoms. The summed E-state index contributed by atoms with van der Waals surface area (Å²) in [4.78, 5) is 21.0. The first-order valence-electron chi connectivity index (χ1n) is 6.45. The zero-order chi connectivity index (χ0) is 14.0. The molecule has 1 heterocycles. The number of carbonyl (C=O) groups is 1. The number of nitrogens with zero attached hydrogens (tertiary/aromatic N) is 2. The summed E-state index contributed by atoms with van der Waals surface area (Å²) >= 11 is 1.49. The van der Waals surface area contributed by atoms with Gasteiger partial charge >= 0.3 is 0 Å². The Morgan fingerprint density at radius 3 is 2.11 bits per heavy atom. The molecule has 1 aromatic rings. The van der Waals surface area contributed by atoms with Gasteiger partial charge in [-0.1, -0.05) is 27.7 Å². The maximum absolute atomic E-state index is 12.4. The van der Waals surface area contributed by atoms with Gasteiger partial charge in [0, 0.05) is 22.7 Å². The fourth-order valence-electron chi connectivity index (χ4n) is 1.96. The van der Waals surface area contributed by atoms with Crippen molar-refractivity contribution in [3.05, 3.63) is 34.9 Å². The number of allylic oxidation sites excluding steroid dienone is 4. The Kier molecular flexibility index (Phi) is 4.10. The van der Waals surface area contributed by atoms with Crippen molar-refractivity contribution < 1.29 is 4.79 Å². The normalized spacial score (nSPS) is 15.9. The highest BCUT2D eigenvalue weighted by atomic mass is 32.1. The summed E-state index contributed by atoms with van der Waals surface area (Å²) in [5.74, 6) is 0.566. The number of thiazole rings is 1. The standard InChI is InChI=1S/C15H18N2OS/c1-9(2)12-7-11(17-15-16-5-6-19-15)8-13(10(3)4)14(12)18/h5-10H,1-4H3. The largest absolute Gasteiger partial charge is 0.289 e. The molecule has 100 valence electrons. The number of hydrogen-bond donors (Lipinski definition) is 0. The van der Waals surface area contributed by atoms with Gasteiger partial charge in [-0.05, 0) is 24.0 Å². The van der Waals surface area contributed by atoms with Crippen molar-refractivity contribution in [1.82, 2.24) is 4.98 Å². The Balaban J connectivity index is 2.45. The van der Waals surface area contributed by atoms with Gasteiger partial charge in [-0.25, -0.2) is 9.98 Å². The minimum atomic E-state index is 0.156. The zero-order valence-corrected chi connectivity index (χ0v) is 12.5. The molecule has 0 fully saturated rings. The number of aliphatic imine (C=N–C) groups is 1. The number of aromatic nitrogens is 1. The molecule has 2 rings (SSSR count). The lowest BCUT2D eigenvalue weighted by molar-refractivity contribution is -0.113. The van der Waals surface area contributed by atoms with Gasteiger partial charge in [0.05, 0.1) is 5.71 Å². The van der Waals surface area contributed by atoms with Crippen LogP contribution in [-0.4, -0.2) is 16.5 Å². The van der Waals surface area contributed by atoms with E-state index in [0.717, 1.165) is 22.0 Å². The second kappa shape index (κ2) is 5.61. The van der Waals surface area contributed by atoms with E-state index < -0.39 is 0 Å². The van der Waals surface area contributed by atoms with Crippen molar-refractivity contribution >= 4 is 28.0 Å². The van der Waals surface area contributed by atoms with Gasteiger partial charge < -0.3 is 0 Å². The van der Waals surface area contributed by atoms with E-state index in [2.05, 4.69) is 9.98 Å². The summed E-state index contributed by atoms with van der Waals surface area (Å²) in [5, 5.41) is 2.62. The maximum Gasteiger partial charge on any atom is 0.209 e. The van der Waals surface area contributed by atoms with Gasteiger partial charge in [-0.2, -0.15) is 0 Å². The molecule has 0 unspecified atom stereocenters. The van der Waals surface area contributed by atoms with Crippen molar-refractivity contribution in [2.75, 3.05) is 0 Å². The lowest BCUT2D eigenvalue weighted by Gasteiger charge is -2.19. The van der Waals surface area contributed by atoms with Gasteiger partial charge in [0.15, 0.2) is 5.78 Å². The molecular weight excluding hydrogens is 256 g/mol. The molecule has 3 nitrogen and oxygen atoms in total. The molecule has 1 aromatic heterocycles. The number of hydrogen-bond acceptors (Lipinski definition) is 4. The number of rotatable bonds is 3. The van der Waals surface area contributed by atoms with Gasteiger partial charge in [0.2, 0.25) is 5.13 Å². The summed E-state index contributed by atoms with van der Waals surface area (Å²) in [5.41, 5.74) is 2.49. The molecule has 19 heavy (non-hydrogen) atoms. The van der Waals surface area contributed by atoms with E-state index in [4.69, 9.17) is 0 Å². The quantitative estimate of drug-likeness (QED) is 0.783. The van der Waals surface area contributed by atoms with E-state index in [1.807, 2.05) is 45.2 Å². The minimum absolute atomic E-state index is 0.156. The van der Waals surface area contributed by atoms with Crippen LogP contribution < -0.4 is 0 Å². The van der Waals surface area contributed by atoms with E-state index in [1.54, 1.807) is 6.20 Å². The molecule has 0 saturated heterocycles. The predicted molar refractivity (Wildman–Crippen MR) is 80.1 cm³/mol. The van der Waals surface area contributed by atoms with Crippen LogP contribution in [-0.2, 0) is 4.79 Å². The average Bonchev–Trinajstić information content (AvgIpc) is 2.83. The first-order chi connectivity index (χ1) is 8.99. The van der Waals surface area contributed by atoms with Crippen LogP contribution in [0.1, 0.15) is 27.7 Å². The van der Waals surface area contributed by atoms with E-state index >= 15 is 0 Å². The number of carbonyl (C=O) groups excluding carboxylic acids is 1. The molecule has 4 heteroatoms. The molecule has 0 saturated carbocycles. The second-order valence-electron chi connectivity index (χ2n) is 5.19. The molecule has 1 aliphatic carbocycles. The van der Waals surface area contributed by atoms with E-state index in [-0.39, 0.29) is 17.6 Å². The summed E-state index contributed by atoms with van der Waals surface area (Å²) < 4.78 is 0.